The molecule has 3 aromatic carbocycles. The standard InChI is InChI=1S/C44H55ClN9O4P/c1-58-39-24-34(12-13-36(39)49-44-46-25-35(45)42(51-44)48-37-6-4-5-7-40(37)59(2,3)57)53-22-18-31(19-23-53)30-16-20-52(21-17-30)26-29-27-54(28-29)33-10-8-32(9-11-33)47-38-14-15-41(55)50-43(38)56/h4-13,24-25,29-31,38,47H,14-23,26-28H2,1-3H3,(H,50,55,56)(H2,46,48,49,51). The topological polar surface area (TPSA) is 144 Å². The number of carbonyl (C=O) groups is 2. The summed E-state index contributed by atoms with van der Waals surface area (Å²) in [5, 5.41) is 13.3. The minimum atomic E-state index is -2.53. The lowest BCUT2D eigenvalue weighted by atomic mass is 9.78. The molecule has 4 aliphatic heterocycles. The average molecular weight is 840 g/mol. The van der Waals surface area contributed by atoms with Gasteiger partial charge in [-0.1, -0.05) is 23.7 Å². The zero-order valence-electron chi connectivity index (χ0n) is 34.1. The van der Waals surface area contributed by atoms with Gasteiger partial charge in [0, 0.05) is 73.5 Å². The number of nitrogens with zero attached hydrogens (tertiary/aromatic N) is 5. The van der Waals surface area contributed by atoms with Crippen molar-refractivity contribution in [3.05, 3.63) is 77.9 Å². The van der Waals surface area contributed by atoms with Gasteiger partial charge in [0.05, 0.1) is 24.7 Å². The summed E-state index contributed by atoms with van der Waals surface area (Å²) < 4.78 is 18.7. The molecule has 0 radical (unpaired) electrons. The number of benzene rings is 3. The van der Waals surface area contributed by atoms with Crippen molar-refractivity contribution in [3.8, 4) is 5.75 Å². The number of likely N-dealkylation sites (tertiary alicyclic amines) is 1. The van der Waals surface area contributed by atoms with Gasteiger partial charge in [-0.15, -0.1) is 0 Å². The number of ether oxygens (including phenoxy) is 1. The van der Waals surface area contributed by atoms with Gasteiger partial charge in [0.15, 0.2) is 5.82 Å². The van der Waals surface area contributed by atoms with E-state index in [1.807, 2.05) is 42.5 Å². The maximum atomic E-state index is 12.9. The molecule has 312 valence electrons. The molecule has 1 atom stereocenters. The van der Waals surface area contributed by atoms with Crippen molar-refractivity contribution in [2.45, 2.75) is 44.6 Å². The first-order valence-electron chi connectivity index (χ1n) is 20.8. The Bertz CT molecular complexity index is 2180. The maximum Gasteiger partial charge on any atom is 0.249 e. The predicted octanol–water partition coefficient (Wildman–Crippen LogP) is 7.16. The first-order chi connectivity index (χ1) is 28.5. The molecule has 4 aliphatic rings. The van der Waals surface area contributed by atoms with Gasteiger partial charge in [-0.05, 0) is 119 Å². The number of carbonyl (C=O) groups excluding carboxylic acids is 2. The van der Waals surface area contributed by atoms with Crippen LogP contribution in [0.1, 0.15) is 38.5 Å². The van der Waals surface area contributed by atoms with Crippen molar-refractivity contribution in [2.75, 3.05) is 92.0 Å². The highest BCUT2D eigenvalue weighted by molar-refractivity contribution is 7.70. The monoisotopic (exact) mass is 839 g/mol. The molecule has 4 N–H and O–H groups in total. The Hall–Kier alpha value is -4.84. The Morgan fingerprint density at radius 3 is 2.24 bits per heavy atom. The molecule has 1 aromatic heterocycles. The molecule has 13 nitrogen and oxygen atoms in total. The van der Waals surface area contributed by atoms with Crippen LogP contribution in [0.4, 0.5) is 40.2 Å². The lowest BCUT2D eigenvalue weighted by Gasteiger charge is -2.45. The number of methoxy groups -OCH3 is 1. The molecule has 0 aliphatic carbocycles. The molecule has 0 spiro atoms. The van der Waals surface area contributed by atoms with Gasteiger partial charge in [-0.25, -0.2) is 4.98 Å². The van der Waals surface area contributed by atoms with Gasteiger partial charge in [0.25, 0.3) is 0 Å². The first kappa shape index (κ1) is 40.9. The van der Waals surface area contributed by atoms with Crippen LogP contribution in [0.2, 0.25) is 5.02 Å². The molecule has 0 saturated carbocycles. The number of amides is 2. The van der Waals surface area contributed by atoms with Crippen molar-refractivity contribution in [3.63, 3.8) is 0 Å². The molecular weight excluding hydrogens is 785 g/mol. The van der Waals surface area contributed by atoms with E-state index in [1.54, 1.807) is 26.6 Å². The number of aromatic nitrogens is 2. The zero-order chi connectivity index (χ0) is 41.1. The lowest BCUT2D eigenvalue weighted by Crippen LogP contribution is -2.52. The molecule has 4 saturated heterocycles. The Morgan fingerprint density at radius 2 is 1.54 bits per heavy atom. The highest BCUT2D eigenvalue weighted by Gasteiger charge is 2.33. The van der Waals surface area contributed by atoms with E-state index in [-0.39, 0.29) is 17.9 Å². The summed E-state index contributed by atoms with van der Waals surface area (Å²) in [6.45, 7) is 11.3. The molecule has 4 fully saturated rings. The Morgan fingerprint density at radius 1 is 0.847 bits per heavy atom. The quantitative estimate of drug-likeness (QED) is 0.0802. The van der Waals surface area contributed by atoms with E-state index >= 15 is 0 Å². The third kappa shape index (κ3) is 9.80. The number of nitrogens with one attached hydrogen (secondary N) is 4. The van der Waals surface area contributed by atoms with Crippen molar-refractivity contribution in [1.29, 1.82) is 0 Å². The summed E-state index contributed by atoms with van der Waals surface area (Å²) in [5.74, 6) is 3.29. The highest BCUT2D eigenvalue weighted by Crippen LogP contribution is 2.40. The summed E-state index contributed by atoms with van der Waals surface area (Å²) in [4.78, 5) is 40.2. The van der Waals surface area contributed by atoms with E-state index in [4.69, 9.17) is 16.3 Å². The van der Waals surface area contributed by atoms with Gasteiger partial charge in [0.1, 0.15) is 24.0 Å². The van der Waals surface area contributed by atoms with Crippen molar-refractivity contribution in [1.82, 2.24) is 20.2 Å². The van der Waals surface area contributed by atoms with Crippen LogP contribution in [0.25, 0.3) is 0 Å². The van der Waals surface area contributed by atoms with Crippen LogP contribution in [-0.2, 0) is 14.2 Å². The van der Waals surface area contributed by atoms with Gasteiger partial charge >= 0.3 is 0 Å². The van der Waals surface area contributed by atoms with Crippen LogP contribution in [-0.4, -0.2) is 99.0 Å². The minimum Gasteiger partial charge on any atom is -0.494 e. The van der Waals surface area contributed by atoms with Crippen molar-refractivity contribution < 1.29 is 18.9 Å². The number of halogens is 1. The molecule has 5 heterocycles. The van der Waals surface area contributed by atoms with E-state index in [0.717, 1.165) is 60.4 Å². The number of anilines is 7. The molecule has 0 bridgehead atoms. The van der Waals surface area contributed by atoms with Crippen LogP contribution in [0.5, 0.6) is 5.75 Å². The van der Waals surface area contributed by atoms with E-state index in [1.165, 1.54) is 51.0 Å². The van der Waals surface area contributed by atoms with Crippen LogP contribution in [0, 0.1) is 17.8 Å². The smallest absolute Gasteiger partial charge is 0.249 e. The maximum absolute atomic E-state index is 12.9. The fourth-order valence-electron chi connectivity index (χ4n) is 9.09. The van der Waals surface area contributed by atoms with Crippen LogP contribution >= 0.6 is 18.7 Å². The number of hydrogen-bond acceptors (Lipinski definition) is 12. The molecule has 2 amide bonds. The number of para-hydroxylation sites is 1. The van der Waals surface area contributed by atoms with Crippen LogP contribution in [0.15, 0.2) is 72.9 Å². The van der Waals surface area contributed by atoms with E-state index in [0.29, 0.717) is 47.0 Å². The Kier molecular flexibility index (Phi) is 12.3. The van der Waals surface area contributed by atoms with Crippen molar-refractivity contribution in [2.24, 2.45) is 17.8 Å². The second-order valence-electron chi connectivity index (χ2n) is 16.8. The molecule has 59 heavy (non-hydrogen) atoms. The van der Waals surface area contributed by atoms with E-state index in [9.17, 15) is 14.2 Å². The summed E-state index contributed by atoms with van der Waals surface area (Å²) in [6, 6.07) is 21.7. The van der Waals surface area contributed by atoms with Crippen LogP contribution < -0.4 is 41.1 Å². The van der Waals surface area contributed by atoms with Gasteiger partial charge in [-0.3, -0.25) is 14.9 Å². The summed E-state index contributed by atoms with van der Waals surface area (Å²) >= 11 is 6.49. The summed E-state index contributed by atoms with van der Waals surface area (Å²) in [6.07, 6.45) is 7.41. The predicted molar refractivity (Wildman–Crippen MR) is 238 cm³/mol. The normalized spacial score (nSPS) is 19.9. The fourth-order valence-corrected chi connectivity index (χ4v) is 10.4. The molecular formula is C44H55ClN9O4P. The average Bonchev–Trinajstić information content (AvgIpc) is 3.22. The molecule has 1 unspecified atom stereocenters. The van der Waals surface area contributed by atoms with Crippen LogP contribution in [0.3, 0.4) is 0 Å². The highest BCUT2D eigenvalue weighted by atomic mass is 35.5. The summed E-state index contributed by atoms with van der Waals surface area (Å²) in [7, 11) is -0.859. The molecule has 8 rings (SSSR count). The number of piperidine rings is 3. The minimum absolute atomic E-state index is 0.197. The Balaban J connectivity index is 0.773. The van der Waals surface area contributed by atoms with Gasteiger partial charge in [0.2, 0.25) is 17.8 Å². The Labute approximate surface area is 352 Å². The summed E-state index contributed by atoms with van der Waals surface area (Å²) in [5.41, 5.74) is 4.72. The molecule has 4 aromatic rings. The van der Waals surface area contributed by atoms with Gasteiger partial charge < -0.3 is 40.0 Å². The number of imide groups is 1. The third-order valence-corrected chi connectivity index (χ3v) is 14.2. The second-order valence-corrected chi connectivity index (χ2v) is 20.4. The van der Waals surface area contributed by atoms with Crippen molar-refractivity contribution >= 4 is 76.1 Å². The van der Waals surface area contributed by atoms with E-state index < -0.39 is 7.14 Å². The lowest BCUT2D eigenvalue weighted by molar-refractivity contribution is -0.133. The molecule has 15 heteroatoms. The largest absolute Gasteiger partial charge is 0.494 e. The first-order valence-corrected chi connectivity index (χ1v) is 23.8. The SMILES string of the molecule is COc1cc(N2CCC(C3CCN(CC4CN(c5ccc(NC6CCC(=O)NC6=O)cc5)C4)CC3)CC2)ccc1Nc1ncc(Cl)c(Nc2ccccc2P(C)(C)=O)n1. The fraction of sp³-hybridized carbons (Fsp3) is 0.455. The second kappa shape index (κ2) is 17.8. The van der Waals surface area contributed by atoms with E-state index in [2.05, 4.69) is 70.2 Å². The van der Waals surface area contributed by atoms with Gasteiger partial charge in [-0.2, -0.15) is 4.98 Å². The number of hydrogen-bond donors (Lipinski definition) is 4. The third-order valence-electron chi connectivity index (χ3n) is 12.4. The zero-order valence-corrected chi connectivity index (χ0v) is 35.8. The number of rotatable bonds is 13.